The van der Waals surface area contributed by atoms with Crippen molar-refractivity contribution in [2.75, 3.05) is 25.9 Å². The summed E-state index contributed by atoms with van der Waals surface area (Å²) in [6.07, 6.45) is 3.98. The van der Waals surface area contributed by atoms with Crippen LogP contribution in [0.2, 0.25) is 0 Å². The fourth-order valence-corrected chi connectivity index (χ4v) is 3.84. The van der Waals surface area contributed by atoms with Gasteiger partial charge in [-0.1, -0.05) is 6.07 Å². The molecule has 1 fully saturated rings. The van der Waals surface area contributed by atoms with E-state index in [9.17, 15) is 8.42 Å². The summed E-state index contributed by atoms with van der Waals surface area (Å²) in [4.78, 5) is 1.31. The Hall–Kier alpha value is -0.270. The Labute approximate surface area is 131 Å². The zero-order valence-electron chi connectivity index (χ0n) is 11.5. The first-order chi connectivity index (χ1) is 9.12. The minimum Gasteiger partial charge on any atom is -0.316 e. The molecule has 1 aromatic carbocycles. The Morgan fingerprint density at radius 3 is 2.90 bits per heavy atom. The van der Waals surface area contributed by atoms with Gasteiger partial charge in [-0.15, -0.1) is 24.2 Å². The van der Waals surface area contributed by atoms with Crippen molar-refractivity contribution >= 4 is 34.2 Å². The van der Waals surface area contributed by atoms with Gasteiger partial charge >= 0.3 is 0 Å². The largest absolute Gasteiger partial charge is 0.316 e. The van der Waals surface area contributed by atoms with E-state index >= 15 is 0 Å². The van der Waals surface area contributed by atoms with Crippen LogP contribution in [0.15, 0.2) is 34.1 Å². The number of hydrogen-bond acceptors (Lipinski definition) is 4. The van der Waals surface area contributed by atoms with Crippen molar-refractivity contribution in [1.29, 1.82) is 0 Å². The van der Waals surface area contributed by atoms with Gasteiger partial charge in [-0.05, 0) is 56.3 Å². The predicted octanol–water partition coefficient (Wildman–Crippen LogP) is 2.11. The van der Waals surface area contributed by atoms with Crippen LogP contribution in [0.3, 0.4) is 0 Å². The lowest BCUT2D eigenvalue weighted by atomic mass is 10.1. The van der Waals surface area contributed by atoms with Gasteiger partial charge < -0.3 is 5.32 Å². The van der Waals surface area contributed by atoms with Gasteiger partial charge in [0.2, 0.25) is 10.0 Å². The average Bonchev–Trinajstić information content (AvgIpc) is 2.92. The number of rotatable bonds is 6. The zero-order chi connectivity index (χ0) is 13.7. The third-order valence-electron chi connectivity index (χ3n) is 3.36. The van der Waals surface area contributed by atoms with E-state index < -0.39 is 10.0 Å². The third-order valence-corrected chi connectivity index (χ3v) is 5.54. The highest BCUT2D eigenvalue weighted by Crippen LogP contribution is 2.19. The summed E-state index contributed by atoms with van der Waals surface area (Å²) in [7, 11) is -3.37. The lowest BCUT2D eigenvalue weighted by molar-refractivity contribution is 0.519. The van der Waals surface area contributed by atoms with Gasteiger partial charge in [0.05, 0.1) is 4.90 Å². The quantitative estimate of drug-likeness (QED) is 0.781. The molecule has 0 radical (unpaired) electrons. The lowest BCUT2D eigenvalue weighted by Gasteiger charge is -2.10. The molecule has 0 bridgehead atoms. The summed E-state index contributed by atoms with van der Waals surface area (Å²) < 4.78 is 27.0. The molecule has 1 aromatic rings. The van der Waals surface area contributed by atoms with Gasteiger partial charge in [-0.25, -0.2) is 13.1 Å². The minimum atomic E-state index is -3.37. The fraction of sp³-hybridized carbons (Fsp3) is 0.538. The smallest absolute Gasteiger partial charge is 0.240 e. The van der Waals surface area contributed by atoms with E-state index in [1.807, 2.05) is 12.3 Å². The molecule has 0 saturated carbocycles. The minimum absolute atomic E-state index is 0. The number of benzene rings is 1. The van der Waals surface area contributed by atoms with Crippen LogP contribution >= 0.6 is 24.2 Å². The van der Waals surface area contributed by atoms with Gasteiger partial charge in [0, 0.05) is 11.4 Å². The topological polar surface area (TPSA) is 58.2 Å². The zero-order valence-corrected chi connectivity index (χ0v) is 13.9. The van der Waals surface area contributed by atoms with Crippen molar-refractivity contribution < 1.29 is 8.42 Å². The molecule has 1 heterocycles. The maximum Gasteiger partial charge on any atom is 0.240 e. The Bertz CT molecular complexity index is 517. The summed E-state index contributed by atoms with van der Waals surface area (Å²) in [6.45, 7) is 2.56. The third kappa shape index (κ3) is 4.93. The normalized spacial score (nSPS) is 18.8. The number of thioether (sulfide) groups is 1. The van der Waals surface area contributed by atoms with Crippen LogP contribution in [0.1, 0.15) is 12.8 Å². The van der Waals surface area contributed by atoms with Crippen molar-refractivity contribution in [1.82, 2.24) is 10.0 Å². The number of sulfonamides is 1. The van der Waals surface area contributed by atoms with Crippen LogP contribution in [0.4, 0.5) is 0 Å². The van der Waals surface area contributed by atoms with Gasteiger partial charge in [0.25, 0.3) is 0 Å². The van der Waals surface area contributed by atoms with Gasteiger partial charge in [0.1, 0.15) is 0 Å². The molecular weight excluding hydrogens is 316 g/mol. The van der Waals surface area contributed by atoms with Gasteiger partial charge in [-0.2, -0.15) is 0 Å². The molecule has 1 aliphatic rings. The summed E-state index contributed by atoms with van der Waals surface area (Å²) in [5, 5.41) is 3.29. The molecule has 2 rings (SSSR count). The Morgan fingerprint density at radius 1 is 1.45 bits per heavy atom. The molecule has 7 heteroatoms. The van der Waals surface area contributed by atoms with Gasteiger partial charge in [-0.3, -0.25) is 0 Å². The average molecular weight is 337 g/mol. The summed E-state index contributed by atoms with van der Waals surface area (Å²) in [6, 6.07) is 7.04. The summed E-state index contributed by atoms with van der Waals surface area (Å²) in [5.41, 5.74) is 0. The molecule has 1 atom stereocenters. The van der Waals surface area contributed by atoms with Crippen LogP contribution in [0.25, 0.3) is 0 Å². The molecule has 1 unspecified atom stereocenters. The van der Waals surface area contributed by atoms with Crippen LogP contribution in [0.5, 0.6) is 0 Å². The van der Waals surface area contributed by atoms with E-state index in [1.165, 1.54) is 0 Å². The highest BCUT2D eigenvalue weighted by atomic mass is 35.5. The first-order valence-electron chi connectivity index (χ1n) is 6.46. The first kappa shape index (κ1) is 17.8. The second-order valence-electron chi connectivity index (χ2n) is 4.72. The molecule has 114 valence electrons. The van der Waals surface area contributed by atoms with E-state index in [2.05, 4.69) is 10.0 Å². The van der Waals surface area contributed by atoms with Gasteiger partial charge in [0.15, 0.2) is 0 Å². The van der Waals surface area contributed by atoms with Crippen LogP contribution in [0, 0.1) is 5.92 Å². The molecule has 2 N–H and O–H groups in total. The maximum atomic E-state index is 12.1. The molecule has 0 amide bonds. The summed E-state index contributed by atoms with van der Waals surface area (Å²) in [5.74, 6) is 0.597. The molecule has 20 heavy (non-hydrogen) atoms. The van der Waals surface area contributed by atoms with E-state index in [-0.39, 0.29) is 12.4 Å². The molecule has 0 spiro atoms. The second kappa shape index (κ2) is 8.24. The monoisotopic (exact) mass is 336 g/mol. The predicted molar refractivity (Wildman–Crippen MR) is 86.3 cm³/mol. The first-order valence-corrected chi connectivity index (χ1v) is 9.17. The second-order valence-corrected chi connectivity index (χ2v) is 7.37. The van der Waals surface area contributed by atoms with Crippen LogP contribution in [-0.2, 0) is 10.0 Å². The van der Waals surface area contributed by atoms with E-state index in [0.717, 1.165) is 30.8 Å². The van der Waals surface area contributed by atoms with Crippen molar-refractivity contribution in [3.05, 3.63) is 24.3 Å². The Morgan fingerprint density at radius 2 is 2.25 bits per heavy atom. The molecule has 0 aromatic heterocycles. The number of halogens is 1. The molecule has 1 aliphatic heterocycles. The van der Waals surface area contributed by atoms with E-state index in [4.69, 9.17) is 0 Å². The molecular formula is C13H21ClN2O2S2. The van der Waals surface area contributed by atoms with E-state index in [1.54, 1.807) is 30.0 Å². The van der Waals surface area contributed by atoms with Crippen molar-refractivity contribution in [2.24, 2.45) is 5.92 Å². The number of nitrogens with one attached hydrogen (secondary N) is 2. The van der Waals surface area contributed by atoms with Crippen molar-refractivity contribution in [2.45, 2.75) is 22.6 Å². The standard InChI is InChI=1S/C13H20N2O2S2.ClH/c1-18-12-3-2-4-13(9-12)19(16,17)15-8-6-11-5-7-14-10-11;/h2-4,9,11,14-15H,5-8,10H2,1H3;1H. The van der Waals surface area contributed by atoms with E-state index in [0.29, 0.717) is 17.4 Å². The Kier molecular flexibility index (Phi) is 7.33. The van der Waals surface area contributed by atoms with Crippen LogP contribution < -0.4 is 10.0 Å². The van der Waals surface area contributed by atoms with Crippen molar-refractivity contribution in [3.8, 4) is 0 Å². The molecule has 1 saturated heterocycles. The number of hydrogen-bond donors (Lipinski definition) is 2. The van der Waals surface area contributed by atoms with Crippen LogP contribution in [-0.4, -0.2) is 34.3 Å². The lowest BCUT2D eigenvalue weighted by Crippen LogP contribution is -2.26. The van der Waals surface area contributed by atoms with Crippen molar-refractivity contribution in [3.63, 3.8) is 0 Å². The Balaban J connectivity index is 0.00000200. The SMILES string of the molecule is CSc1cccc(S(=O)(=O)NCCC2CCNC2)c1.Cl. The molecule has 4 nitrogen and oxygen atoms in total. The highest BCUT2D eigenvalue weighted by Gasteiger charge is 2.17. The maximum absolute atomic E-state index is 12.1. The fourth-order valence-electron chi connectivity index (χ4n) is 2.21. The summed E-state index contributed by atoms with van der Waals surface area (Å²) >= 11 is 1.54. The highest BCUT2D eigenvalue weighted by molar-refractivity contribution is 7.98. The molecule has 0 aliphatic carbocycles.